The highest BCUT2D eigenvalue weighted by atomic mass is 32.2. The van der Waals surface area contributed by atoms with Gasteiger partial charge in [-0.2, -0.15) is 0 Å². The topological polar surface area (TPSA) is 104 Å². The minimum Gasteiger partial charge on any atom is -0.353 e. The quantitative estimate of drug-likeness (QED) is 0.571. The molecule has 0 aliphatic heterocycles. The van der Waals surface area contributed by atoms with Crippen molar-refractivity contribution in [2.24, 2.45) is 0 Å². The summed E-state index contributed by atoms with van der Waals surface area (Å²) < 4.78 is 0. The molecule has 2 aromatic rings. The third-order valence-electron chi connectivity index (χ3n) is 3.33. The van der Waals surface area contributed by atoms with Crippen molar-refractivity contribution in [2.75, 3.05) is 5.75 Å². The Labute approximate surface area is 119 Å². The molecule has 0 saturated heterocycles. The Morgan fingerprint density at radius 3 is 3.05 bits per heavy atom. The first-order chi connectivity index (χ1) is 9.72. The Kier molecular flexibility index (Phi) is 3.72. The second-order valence-corrected chi connectivity index (χ2v) is 5.77. The van der Waals surface area contributed by atoms with Crippen molar-refractivity contribution in [2.45, 2.75) is 36.9 Å². The van der Waals surface area contributed by atoms with E-state index in [9.17, 15) is 9.59 Å². The number of carbonyl (C=O) groups is 1. The molecular weight excluding hydrogens is 278 g/mol. The Morgan fingerprint density at radius 1 is 1.45 bits per heavy atom. The zero-order chi connectivity index (χ0) is 13.9. The maximum absolute atomic E-state index is 11.8. The summed E-state index contributed by atoms with van der Waals surface area (Å²) >= 11 is 1.21. The second kappa shape index (κ2) is 5.66. The molecule has 1 aliphatic rings. The lowest BCUT2D eigenvalue weighted by molar-refractivity contribution is -0.119. The molecule has 0 unspecified atom stereocenters. The lowest BCUT2D eigenvalue weighted by Gasteiger charge is -2.11. The number of thioether (sulfide) groups is 1. The summed E-state index contributed by atoms with van der Waals surface area (Å²) in [7, 11) is 0. The van der Waals surface area contributed by atoms with E-state index in [1.165, 1.54) is 30.9 Å². The molecule has 0 spiro atoms. The molecule has 7 nitrogen and oxygen atoms in total. The van der Waals surface area contributed by atoms with Crippen LogP contribution in [0.4, 0.5) is 0 Å². The van der Waals surface area contributed by atoms with E-state index < -0.39 is 0 Å². The third-order valence-corrected chi connectivity index (χ3v) is 4.21. The predicted octanol–water partition coefficient (Wildman–Crippen LogP) is 0.797. The molecular formula is C12H15N5O2S. The molecule has 3 rings (SSSR count). The highest BCUT2D eigenvalue weighted by Crippen LogP contribution is 2.18. The summed E-state index contributed by atoms with van der Waals surface area (Å²) in [5.74, 6) is 0.224. The van der Waals surface area contributed by atoms with E-state index in [1.807, 2.05) is 0 Å². The second-order valence-electron chi connectivity index (χ2n) is 4.81. The van der Waals surface area contributed by atoms with Crippen molar-refractivity contribution in [3.63, 3.8) is 0 Å². The van der Waals surface area contributed by atoms with Crippen LogP contribution in [0.3, 0.4) is 0 Å². The highest BCUT2D eigenvalue weighted by molar-refractivity contribution is 7.99. The monoisotopic (exact) mass is 293 g/mol. The molecule has 0 aromatic carbocycles. The van der Waals surface area contributed by atoms with Gasteiger partial charge in [-0.15, -0.1) is 0 Å². The minimum atomic E-state index is -0.272. The van der Waals surface area contributed by atoms with Gasteiger partial charge in [-0.25, -0.2) is 9.97 Å². The number of rotatable bonds is 4. The average Bonchev–Trinajstić information content (AvgIpc) is 3.07. The van der Waals surface area contributed by atoms with Crippen molar-refractivity contribution in [3.05, 3.63) is 16.7 Å². The van der Waals surface area contributed by atoms with Crippen molar-refractivity contribution < 1.29 is 4.79 Å². The number of hydrogen-bond acceptors (Lipinski definition) is 5. The van der Waals surface area contributed by atoms with E-state index in [2.05, 4.69) is 25.3 Å². The first kappa shape index (κ1) is 13.2. The molecule has 20 heavy (non-hydrogen) atoms. The van der Waals surface area contributed by atoms with E-state index in [-0.39, 0.29) is 17.2 Å². The van der Waals surface area contributed by atoms with E-state index in [4.69, 9.17) is 0 Å². The molecule has 0 radical (unpaired) electrons. The van der Waals surface area contributed by atoms with E-state index in [0.717, 1.165) is 12.8 Å². The maximum Gasteiger partial charge on any atom is 0.277 e. The molecule has 8 heteroatoms. The standard InChI is InChI=1S/C12H15N5O2S/c18-8(15-7-3-1-2-4-7)5-20-12-16-10-9(11(19)17-12)13-6-14-10/h6-7H,1-5H2,(H,15,18)(H2,13,14,16,17,19). The Bertz CT molecular complexity index is 674. The summed E-state index contributed by atoms with van der Waals surface area (Å²) in [6.45, 7) is 0. The van der Waals surface area contributed by atoms with E-state index >= 15 is 0 Å². The first-order valence-electron chi connectivity index (χ1n) is 6.58. The lowest BCUT2D eigenvalue weighted by Crippen LogP contribution is -2.33. The smallest absolute Gasteiger partial charge is 0.277 e. The van der Waals surface area contributed by atoms with Crippen molar-refractivity contribution >= 4 is 28.8 Å². The van der Waals surface area contributed by atoms with Crippen LogP contribution in [-0.2, 0) is 4.79 Å². The van der Waals surface area contributed by atoms with Crippen LogP contribution in [0, 0.1) is 0 Å². The van der Waals surface area contributed by atoms with Gasteiger partial charge in [0.25, 0.3) is 5.56 Å². The van der Waals surface area contributed by atoms with Crippen LogP contribution in [0.25, 0.3) is 11.2 Å². The fraction of sp³-hybridized carbons (Fsp3) is 0.500. The average molecular weight is 293 g/mol. The number of nitrogens with zero attached hydrogens (tertiary/aromatic N) is 2. The molecule has 1 fully saturated rings. The molecule has 0 bridgehead atoms. The molecule has 106 valence electrons. The number of amides is 1. The van der Waals surface area contributed by atoms with Gasteiger partial charge in [-0.1, -0.05) is 24.6 Å². The van der Waals surface area contributed by atoms with Gasteiger partial charge in [0.1, 0.15) is 0 Å². The summed E-state index contributed by atoms with van der Waals surface area (Å²) in [6, 6.07) is 0.309. The van der Waals surface area contributed by atoms with Crippen LogP contribution in [0.1, 0.15) is 25.7 Å². The zero-order valence-electron chi connectivity index (χ0n) is 10.8. The number of fused-ring (bicyclic) bond motifs is 1. The number of H-pyrrole nitrogens is 2. The molecule has 3 N–H and O–H groups in total. The number of aromatic nitrogens is 4. The molecule has 1 saturated carbocycles. The predicted molar refractivity (Wildman–Crippen MR) is 75.6 cm³/mol. The normalized spacial score (nSPS) is 15.8. The van der Waals surface area contributed by atoms with Crippen molar-refractivity contribution in [1.82, 2.24) is 25.3 Å². The molecule has 1 amide bonds. The summed E-state index contributed by atoms with van der Waals surface area (Å²) in [5.41, 5.74) is 0.448. The Morgan fingerprint density at radius 2 is 2.25 bits per heavy atom. The number of carbonyl (C=O) groups excluding carboxylic acids is 1. The van der Waals surface area contributed by atoms with Crippen molar-refractivity contribution in [3.8, 4) is 0 Å². The largest absolute Gasteiger partial charge is 0.353 e. The van der Waals surface area contributed by atoms with Crippen LogP contribution in [0.5, 0.6) is 0 Å². The number of imidazole rings is 1. The minimum absolute atomic E-state index is 0.0216. The van der Waals surface area contributed by atoms with Gasteiger partial charge in [0.2, 0.25) is 5.91 Å². The SMILES string of the molecule is O=C(CSc1nc2nc[nH]c2c(=O)[nH]1)NC1CCCC1. The van der Waals surface area contributed by atoms with Gasteiger partial charge in [-0.3, -0.25) is 14.6 Å². The van der Waals surface area contributed by atoms with Gasteiger partial charge in [0, 0.05) is 6.04 Å². The van der Waals surface area contributed by atoms with Crippen LogP contribution in [0.15, 0.2) is 16.3 Å². The van der Waals surface area contributed by atoms with Gasteiger partial charge in [0.15, 0.2) is 16.3 Å². The highest BCUT2D eigenvalue weighted by Gasteiger charge is 2.17. The first-order valence-corrected chi connectivity index (χ1v) is 7.56. The molecule has 2 heterocycles. The fourth-order valence-electron chi connectivity index (χ4n) is 2.36. The van der Waals surface area contributed by atoms with Gasteiger partial charge in [0.05, 0.1) is 12.1 Å². The van der Waals surface area contributed by atoms with E-state index in [0.29, 0.717) is 22.4 Å². The maximum atomic E-state index is 11.8. The van der Waals surface area contributed by atoms with Crippen LogP contribution in [0.2, 0.25) is 0 Å². The molecule has 0 atom stereocenters. The summed E-state index contributed by atoms with van der Waals surface area (Å²) in [6.07, 6.45) is 5.91. The zero-order valence-corrected chi connectivity index (χ0v) is 11.6. The van der Waals surface area contributed by atoms with Crippen LogP contribution >= 0.6 is 11.8 Å². The van der Waals surface area contributed by atoms with Gasteiger partial charge < -0.3 is 10.3 Å². The Hall–Kier alpha value is -1.83. The number of aromatic amines is 2. The summed E-state index contributed by atoms with van der Waals surface area (Å²) in [4.78, 5) is 37.0. The van der Waals surface area contributed by atoms with Gasteiger partial charge in [-0.05, 0) is 12.8 Å². The number of nitrogens with one attached hydrogen (secondary N) is 3. The van der Waals surface area contributed by atoms with Crippen LogP contribution in [-0.4, -0.2) is 37.6 Å². The number of hydrogen-bond donors (Lipinski definition) is 3. The van der Waals surface area contributed by atoms with Crippen molar-refractivity contribution in [1.29, 1.82) is 0 Å². The fourth-order valence-corrected chi connectivity index (χ4v) is 3.03. The van der Waals surface area contributed by atoms with Gasteiger partial charge >= 0.3 is 0 Å². The molecule has 1 aliphatic carbocycles. The Balaban J connectivity index is 1.61. The summed E-state index contributed by atoms with van der Waals surface area (Å²) in [5, 5.41) is 3.41. The van der Waals surface area contributed by atoms with Crippen LogP contribution < -0.4 is 10.9 Å². The third kappa shape index (κ3) is 2.84. The molecule has 2 aromatic heterocycles. The lowest BCUT2D eigenvalue weighted by atomic mass is 10.2. The van der Waals surface area contributed by atoms with E-state index in [1.54, 1.807) is 0 Å².